The van der Waals surface area contributed by atoms with Gasteiger partial charge in [-0.05, 0) is 32.9 Å². The maximum Gasteiger partial charge on any atom is 0.262 e. The number of hydrogen-bond donors (Lipinski definition) is 1. The van der Waals surface area contributed by atoms with E-state index in [-0.39, 0.29) is 18.1 Å². The summed E-state index contributed by atoms with van der Waals surface area (Å²) in [6.45, 7) is 5.88. The summed E-state index contributed by atoms with van der Waals surface area (Å²) >= 11 is 0. The Morgan fingerprint density at radius 3 is 3.04 bits per heavy atom. The highest BCUT2D eigenvalue weighted by Gasteiger charge is 2.32. The minimum Gasteiger partial charge on any atom is -0.483 e. The van der Waals surface area contributed by atoms with E-state index in [0.717, 1.165) is 34.5 Å². The van der Waals surface area contributed by atoms with Crippen LogP contribution in [-0.2, 0) is 18.3 Å². The van der Waals surface area contributed by atoms with Crippen molar-refractivity contribution in [1.82, 2.24) is 14.8 Å². The van der Waals surface area contributed by atoms with E-state index >= 15 is 0 Å². The lowest BCUT2D eigenvalue weighted by Gasteiger charge is -2.18. The first-order valence-corrected chi connectivity index (χ1v) is 8.85. The minimum atomic E-state index is -0.257. The third kappa shape index (κ3) is 3.32. The average Bonchev–Trinajstić information content (AvgIpc) is 3.07. The van der Waals surface area contributed by atoms with Crippen LogP contribution < -0.4 is 14.8 Å². The van der Waals surface area contributed by atoms with E-state index in [0.29, 0.717) is 11.4 Å². The lowest BCUT2D eigenvalue weighted by Crippen LogP contribution is -2.25. The second kappa shape index (κ2) is 6.26. The molecule has 27 heavy (non-hydrogen) atoms. The van der Waals surface area contributed by atoms with Crippen molar-refractivity contribution in [2.24, 2.45) is 7.05 Å². The van der Waals surface area contributed by atoms with Gasteiger partial charge in [0.25, 0.3) is 5.91 Å². The van der Waals surface area contributed by atoms with Crippen LogP contribution in [0.2, 0.25) is 0 Å². The zero-order valence-corrected chi connectivity index (χ0v) is 15.9. The number of fused-ring (bicyclic) bond motifs is 2. The van der Waals surface area contributed by atoms with Crippen LogP contribution >= 0.6 is 0 Å². The molecule has 0 saturated heterocycles. The van der Waals surface area contributed by atoms with Gasteiger partial charge in [-0.1, -0.05) is 12.1 Å². The summed E-state index contributed by atoms with van der Waals surface area (Å²) in [6.07, 6.45) is 2.44. The molecular weight excluding hydrogens is 344 g/mol. The molecule has 7 heteroatoms. The van der Waals surface area contributed by atoms with Crippen molar-refractivity contribution in [1.29, 1.82) is 0 Å². The Morgan fingerprint density at radius 1 is 1.41 bits per heavy atom. The van der Waals surface area contributed by atoms with E-state index in [1.807, 2.05) is 52.1 Å². The Bertz CT molecular complexity index is 1040. The van der Waals surface area contributed by atoms with Crippen molar-refractivity contribution < 1.29 is 14.3 Å². The molecule has 1 aromatic carbocycles. The van der Waals surface area contributed by atoms with Crippen LogP contribution in [0.3, 0.4) is 0 Å². The van der Waals surface area contributed by atoms with Gasteiger partial charge in [0, 0.05) is 24.4 Å². The topological polar surface area (TPSA) is 78.3 Å². The molecule has 1 amide bonds. The summed E-state index contributed by atoms with van der Waals surface area (Å²) < 4.78 is 13.4. The second-order valence-corrected chi connectivity index (χ2v) is 7.42. The number of para-hydroxylation sites is 1. The number of nitrogens with zero attached hydrogens (tertiary/aromatic N) is 3. The lowest BCUT2D eigenvalue weighted by molar-refractivity contribution is -0.118. The Hall–Kier alpha value is -3.09. The smallest absolute Gasteiger partial charge is 0.262 e. The largest absolute Gasteiger partial charge is 0.483 e. The Labute approximate surface area is 157 Å². The Kier molecular flexibility index (Phi) is 4.02. The fourth-order valence-electron chi connectivity index (χ4n) is 3.42. The molecule has 2 aromatic heterocycles. The second-order valence-electron chi connectivity index (χ2n) is 7.42. The van der Waals surface area contributed by atoms with E-state index < -0.39 is 0 Å². The highest BCUT2D eigenvalue weighted by molar-refractivity contribution is 5.94. The van der Waals surface area contributed by atoms with Gasteiger partial charge in [-0.3, -0.25) is 9.48 Å². The molecule has 1 aliphatic heterocycles. The number of aryl methyl sites for hydroxylation is 2. The van der Waals surface area contributed by atoms with Gasteiger partial charge in [0.1, 0.15) is 5.60 Å². The summed E-state index contributed by atoms with van der Waals surface area (Å²) in [4.78, 5) is 16.7. The SMILES string of the molecule is Cc1nn(C)c2ncc(NC(=O)COc3cccc4c3OC(C)(C)C4)cc12. The van der Waals surface area contributed by atoms with Crippen molar-refractivity contribution in [3.05, 3.63) is 41.7 Å². The van der Waals surface area contributed by atoms with Crippen molar-refractivity contribution in [2.45, 2.75) is 32.8 Å². The molecule has 1 aliphatic rings. The molecule has 3 heterocycles. The highest BCUT2D eigenvalue weighted by Crippen LogP contribution is 2.41. The first kappa shape index (κ1) is 17.3. The van der Waals surface area contributed by atoms with E-state index in [2.05, 4.69) is 15.4 Å². The number of amides is 1. The van der Waals surface area contributed by atoms with Crippen LogP contribution in [0.25, 0.3) is 11.0 Å². The fourth-order valence-corrected chi connectivity index (χ4v) is 3.42. The zero-order valence-electron chi connectivity index (χ0n) is 15.9. The number of carbonyl (C=O) groups is 1. The summed E-state index contributed by atoms with van der Waals surface area (Å²) in [5.74, 6) is 1.06. The fraction of sp³-hybridized carbons (Fsp3) is 0.350. The third-order valence-corrected chi connectivity index (χ3v) is 4.56. The van der Waals surface area contributed by atoms with Gasteiger partial charge in [-0.15, -0.1) is 0 Å². The van der Waals surface area contributed by atoms with Crippen LogP contribution in [-0.4, -0.2) is 32.9 Å². The number of rotatable bonds is 4. The predicted octanol–water partition coefficient (Wildman–Crippen LogP) is 3.01. The normalized spacial score (nSPS) is 14.7. The quantitative estimate of drug-likeness (QED) is 0.768. The van der Waals surface area contributed by atoms with Gasteiger partial charge in [0.05, 0.1) is 17.6 Å². The van der Waals surface area contributed by atoms with Gasteiger partial charge in [0.15, 0.2) is 23.8 Å². The van der Waals surface area contributed by atoms with E-state index in [9.17, 15) is 4.79 Å². The molecule has 0 saturated carbocycles. The molecular formula is C20H22N4O3. The molecule has 3 aromatic rings. The minimum absolute atomic E-state index is 0.107. The van der Waals surface area contributed by atoms with Crippen LogP contribution in [0.15, 0.2) is 30.5 Å². The van der Waals surface area contributed by atoms with Crippen molar-refractivity contribution in [2.75, 3.05) is 11.9 Å². The van der Waals surface area contributed by atoms with E-state index in [4.69, 9.17) is 9.47 Å². The van der Waals surface area contributed by atoms with Crippen LogP contribution in [0, 0.1) is 6.92 Å². The van der Waals surface area contributed by atoms with Crippen LogP contribution in [0.1, 0.15) is 25.1 Å². The number of nitrogens with one attached hydrogen (secondary N) is 1. The number of aromatic nitrogens is 3. The number of hydrogen-bond acceptors (Lipinski definition) is 5. The summed E-state index contributed by atoms with van der Waals surface area (Å²) in [5, 5.41) is 8.06. The lowest BCUT2D eigenvalue weighted by atomic mass is 10.0. The Balaban J connectivity index is 1.44. The molecule has 7 nitrogen and oxygen atoms in total. The number of pyridine rings is 1. The van der Waals surface area contributed by atoms with Gasteiger partial charge in [-0.2, -0.15) is 5.10 Å². The molecule has 0 radical (unpaired) electrons. The van der Waals surface area contributed by atoms with Crippen molar-refractivity contribution >= 4 is 22.6 Å². The average molecular weight is 366 g/mol. The molecule has 0 spiro atoms. The van der Waals surface area contributed by atoms with Gasteiger partial charge in [-0.25, -0.2) is 4.98 Å². The number of benzene rings is 1. The first-order chi connectivity index (χ1) is 12.8. The third-order valence-electron chi connectivity index (χ3n) is 4.56. The molecule has 4 rings (SSSR count). The Morgan fingerprint density at radius 2 is 2.22 bits per heavy atom. The number of carbonyl (C=O) groups excluding carboxylic acids is 1. The van der Waals surface area contributed by atoms with Crippen molar-refractivity contribution in [3.63, 3.8) is 0 Å². The van der Waals surface area contributed by atoms with Crippen LogP contribution in [0.5, 0.6) is 11.5 Å². The summed E-state index contributed by atoms with van der Waals surface area (Å²) in [5.41, 5.74) is 3.10. The standard InChI is InChI=1S/C20H22N4O3/c1-12-15-8-14(10-21-19(15)24(4)23-12)22-17(25)11-26-16-7-5-6-13-9-20(2,3)27-18(13)16/h5-8,10H,9,11H2,1-4H3,(H,22,25). The van der Waals surface area contributed by atoms with E-state index in [1.54, 1.807) is 10.9 Å². The highest BCUT2D eigenvalue weighted by atomic mass is 16.5. The summed E-state index contributed by atoms with van der Waals surface area (Å²) in [7, 11) is 1.84. The molecule has 0 unspecified atom stereocenters. The molecule has 1 N–H and O–H groups in total. The molecule has 140 valence electrons. The predicted molar refractivity (Wildman–Crippen MR) is 102 cm³/mol. The van der Waals surface area contributed by atoms with Crippen LogP contribution in [0.4, 0.5) is 5.69 Å². The maximum absolute atomic E-state index is 12.3. The van der Waals surface area contributed by atoms with Crippen molar-refractivity contribution in [3.8, 4) is 11.5 Å². The number of anilines is 1. The van der Waals surface area contributed by atoms with E-state index in [1.165, 1.54) is 0 Å². The molecule has 0 fully saturated rings. The molecule has 0 bridgehead atoms. The van der Waals surface area contributed by atoms with Gasteiger partial charge < -0.3 is 14.8 Å². The molecule has 0 atom stereocenters. The first-order valence-electron chi connectivity index (χ1n) is 8.85. The van der Waals surface area contributed by atoms with Gasteiger partial charge in [0.2, 0.25) is 0 Å². The monoisotopic (exact) mass is 366 g/mol. The van der Waals surface area contributed by atoms with Gasteiger partial charge >= 0.3 is 0 Å². The maximum atomic E-state index is 12.3. The summed E-state index contributed by atoms with van der Waals surface area (Å²) in [6, 6.07) is 7.63. The zero-order chi connectivity index (χ0) is 19.2. The number of ether oxygens (including phenoxy) is 2. The molecule has 0 aliphatic carbocycles.